The summed E-state index contributed by atoms with van der Waals surface area (Å²) in [6.45, 7) is 2.77. The maximum absolute atomic E-state index is 12.0. The Morgan fingerprint density at radius 3 is 2.53 bits per heavy atom. The van der Waals surface area contributed by atoms with Crippen LogP contribution in [-0.4, -0.2) is 21.6 Å². The van der Waals surface area contributed by atoms with E-state index in [4.69, 9.17) is 5.11 Å². The topological polar surface area (TPSA) is 71.3 Å². The number of carbonyl (C=O) groups is 2. The van der Waals surface area contributed by atoms with Gasteiger partial charge in [0.2, 0.25) is 5.91 Å². The molecule has 0 aliphatic carbocycles. The van der Waals surface area contributed by atoms with Crippen molar-refractivity contribution in [2.45, 2.75) is 13.8 Å². The minimum Gasteiger partial charge on any atom is -0.480 e. The second kappa shape index (κ2) is 4.42. The molecule has 0 aliphatic heterocycles. The number of carboxylic acids is 1. The molecule has 0 atom stereocenters. The normalized spacial score (nSPS) is 11.5. The number of carboxylic acid groups (broad SMARTS) is 1. The van der Waals surface area contributed by atoms with Crippen LogP contribution in [-0.2, 0) is 16.6 Å². The van der Waals surface area contributed by atoms with E-state index in [-0.39, 0.29) is 0 Å². The molecule has 1 aromatic heterocycles. The Bertz CT molecular complexity index is 656. The van der Waals surface area contributed by atoms with E-state index >= 15 is 0 Å². The molecule has 1 amide bonds. The van der Waals surface area contributed by atoms with Gasteiger partial charge in [0.15, 0.2) is 0 Å². The highest BCUT2D eigenvalue weighted by molar-refractivity contribution is 6.10. The van der Waals surface area contributed by atoms with Gasteiger partial charge < -0.3 is 15.0 Å². The summed E-state index contributed by atoms with van der Waals surface area (Å²) in [5.74, 6) is -1.68. The average Bonchev–Trinajstić information content (AvgIpc) is 2.67. The Morgan fingerprint density at radius 2 is 1.89 bits per heavy atom. The van der Waals surface area contributed by atoms with Crippen LogP contribution in [0.5, 0.6) is 0 Å². The highest BCUT2D eigenvalue weighted by Crippen LogP contribution is 2.27. The lowest BCUT2D eigenvalue weighted by molar-refractivity contribution is -0.151. The fourth-order valence-electron chi connectivity index (χ4n) is 1.82. The van der Waals surface area contributed by atoms with Crippen molar-refractivity contribution in [1.29, 1.82) is 0 Å². The van der Waals surface area contributed by atoms with E-state index in [2.05, 4.69) is 5.32 Å². The van der Waals surface area contributed by atoms with Gasteiger partial charge in [-0.3, -0.25) is 9.59 Å². The molecule has 5 nitrogen and oxygen atoms in total. The summed E-state index contributed by atoms with van der Waals surface area (Å²) >= 11 is 0. The second-order valence-electron chi connectivity index (χ2n) is 5.06. The van der Waals surface area contributed by atoms with Crippen LogP contribution >= 0.6 is 0 Å². The van der Waals surface area contributed by atoms with E-state index in [1.54, 1.807) is 6.20 Å². The Balaban J connectivity index is 2.37. The van der Waals surface area contributed by atoms with Gasteiger partial charge in [-0.15, -0.1) is 0 Å². The van der Waals surface area contributed by atoms with E-state index in [0.717, 1.165) is 10.9 Å². The quantitative estimate of drug-likeness (QED) is 0.831. The third kappa shape index (κ3) is 2.19. The fourth-order valence-corrected chi connectivity index (χ4v) is 1.82. The highest BCUT2D eigenvalue weighted by atomic mass is 16.4. The van der Waals surface area contributed by atoms with Crippen LogP contribution < -0.4 is 5.32 Å². The zero-order valence-electron chi connectivity index (χ0n) is 11.1. The molecular weight excluding hydrogens is 244 g/mol. The number of carbonyl (C=O) groups excluding carboxylic acids is 1. The molecule has 0 saturated carbocycles. The highest BCUT2D eigenvalue weighted by Gasteiger charge is 2.36. The first-order valence-corrected chi connectivity index (χ1v) is 5.93. The minimum absolute atomic E-state index is 0.531. The molecule has 5 heteroatoms. The minimum atomic E-state index is -1.46. The Labute approximate surface area is 110 Å². The zero-order chi connectivity index (χ0) is 14.2. The first-order chi connectivity index (χ1) is 8.84. The number of hydrogen-bond donors (Lipinski definition) is 2. The van der Waals surface area contributed by atoms with E-state index < -0.39 is 17.3 Å². The lowest BCUT2D eigenvalue weighted by Gasteiger charge is -2.17. The summed E-state index contributed by atoms with van der Waals surface area (Å²) in [4.78, 5) is 23.1. The summed E-state index contributed by atoms with van der Waals surface area (Å²) in [6, 6.07) is 7.61. The van der Waals surface area contributed by atoms with Gasteiger partial charge in [0.25, 0.3) is 0 Å². The second-order valence-corrected chi connectivity index (χ2v) is 5.06. The van der Waals surface area contributed by atoms with Gasteiger partial charge >= 0.3 is 5.97 Å². The van der Waals surface area contributed by atoms with Crippen LogP contribution in [0, 0.1) is 5.41 Å². The lowest BCUT2D eigenvalue weighted by atomic mass is 9.92. The molecule has 2 N–H and O–H groups in total. The van der Waals surface area contributed by atoms with Crippen molar-refractivity contribution < 1.29 is 14.7 Å². The van der Waals surface area contributed by atoms with Gasteiger partial charge in [-0.2, -0.15) is 0 Å². The van der Waals surface area contributed by atoms with Crippen LogP contribution in [0.25, 0.3) is 10.9 Å². The first-order valence-electron chi connectivity index (χ1n) is 5.93. The number of aryl methyl sites for hydroxylation is 1. The molecule has 19 heavy (non-hydrogen) atoms. The van der Waals surface area contributed by atoms with E-state index in [1.165, 1.54) is 13.8 Å². The molecule has 0 bridgehead atoms. The molecule has 0 saturated heterocycles. The SMILES string of the molecule is Cn1cc(NC(=O)C(C)(C)C(=O)O)c2ccccc21. The number of anilines is 1. The number of nitrogens with zero attached hydrogens (tertiary/aromatic N) is 1. The molecule has 0 aliphatic rings. The maximum atomic E-state index is 12.0. The molecule has 100 valence electrons. The molecule has 2 aromatic rings. The predicted molar refractivity (Wildman–Crippen MR) is 73.0 cm³/mol. The van der Waals surface area contributed by atoms with E-state index in [9.17, 15) is 9.59 Å². The smallest absolute Gasteiger partial charge is 0.318 e. The number of rotatable bonds is 3. The van der Waals surface area contributed by atoms with Crippen molar-refractivity contribution in [3.05, 3.63) is 30.5 Å². The Kier molecular flexibility index (Phi) is 3.06. The summed E-state index contributed by atoms with van der Waals surface area (Å²) < 4.78 is 1.89. The van der Waals surface area contributed by atoms with Crippen molar-refractivity contribution in [3.8, 4) is 0 Å². The number of aromatic nitrogens is 1. The van der Waals surface area contributed by atoms with Crippen LogP contribution in [0.3, 0.4) is 0 Å². The molecule has 0 unspecified atom stereocenters. The van der Waals surface area contributed by atoms with E-state index in [1.807, 2.05) is 35.9 Å². The average molecular weight is 260 g/mol. The Hall–Kier alpha value is -2.30. The van der Waals surface area contributed by atoms with Gasteiger partial charge in [-0.1, -0.05) is 18.2 Å². The molecule has 0 spiro atoms. The largest absolute Gasteiger partial charge is 0.480 e. The third-order valence-corrected chi connectivity index (χ3v) is 3.25. The number of amides is 1. The first kappa shape index (κ1) is 13.1. The summed E-state index contributed by atoms with van der Waals surface area (Å²) in [5, 5.41) is 12.6. The number of hydrogen-bond acceptors (Lipinski definition) is 2. The fraction of sp³-hybridized carbons (Fsp3) is 0.286. The molecule has 0 fully saturated rings. The van der Waals surface area contributed by atoms with Crippen LogP contribution in [0.1, 0.15) is 13.8 Å². The van der Waals surface area contributed by atoms with Crippen molar-refractivity contribution in [2.24, 2.45) is 12.5 Å². The van der Waals surface area contributed by atoms with Crippen molar-refractivity contribution in [2.75, 3.05) is 5.32 Å². The number of para-hydroxylation sites is 1. The van der Waals surface area contributed by atoms with Gasteiger partial charge in [-0.25, -0.2) is 0 Å². The summed E-state index contributed by atoms with van der Waals surface area (Å²) in [6.07, 6.45) is 1.78. The molecule has 0 radical (unpaired) electrons. The van der Waals surface area contributed by atoms with Crippen LogP contribution in [0.15, 0.2) is 30.5 Å². The molecule has 2 rings (SSSR count). The number of benzene rings is 1. The van der Waals surface area contributed by atoms with Crippen LogP contribution in [0.2, 0.25) is 0 Å². The predicted octanol–water partition coefficient (Wildman–Crippen LogP) is 2.23. The van der Waals surface area contributed by atoms with Gasteiger partial charge in [-0.05, 0) is 19.9 Å². The standard InChI is InChI=1S/C14H16N2O3/c1-14(2,13(18)19)12(17)15-10-8-16(3)11-7-5-4-6-9(10)11/h4-8H,1-3H3,(H,15,17)(H,18,19). The third-order valence-electron chi connectivity index (χ3n) is 3.25. The molecule has 1 aromatic carbocycles. The number of aliphatic carboxylic acids is 1. The number of nitrogens with one attached hydrogen (secondary N) is 1. The zero-order valence-corrected chi connectivity index (χ0v) is 11.1. The van der Waals surface area contributed by atoms with E-state index in [0.29, 0.717) is 5.69 Å². The van der Waals surface area contributed by atoms with Crippen molar-refractivity contribution in [3.63, 3.8) is 0 Å². The van der Waals surface area contributed by atoms with Gasteiger partial charge in [0, 0.05) is 24.1 Å². The maximum Gasteiger partial charge on any atom is 0.318 e. The van der Waals surface area contributed by atoms with Crippen molar-refractivity contribution in [1.82, 2.24) is 4.57 Å². The number of fused-ring (bicyclic) bond motifs is 1. The lowest BCUT2D eigenvalue weighted by Crippen LogP contribution is -2.37. The summed E-state index contributed by atoms with van der Waals surface area (Å²) in [7, 11) is 1.88. The van der Waals surface area contributed by atoms with Gasteiger partial charge in [0.05, 0.1) is 5.69 Å². The molecular formula is C14H16N2O3. The summed E-state index contributed by atoms with van der Waals surface area (Å²) in [5.41, 5.74) is 0.139. The Morgan fingerprint density at radius 1 is 1.26 bits per heavy atom. The van der Waals surface area contributed by atoms with Gasteiger partial charge in [0.1, 0.15) is 5.41 Å². The van der Waals surface area contributed by atoms with Crippen molar-refractivity contribution >= 4 is 28.5 Å². The molecule has 1 heterocycles. The van der Waals surface area contributed by atoms with Crippen LogP contribution in [0.4, 0.5) is 5.69 Å². The monoisotopic (exact) mass is 260 g/mol.